The fourth-order valence-corrected chi connectivity index (χ4v) is 3.53. The maximum Gasteiger partial charge on any atom is 0.408 e. The average Bonchev–Trinajstić information content (AvgIpc) is 2.62. The van der Waals surface area contributed by atoms with E-state index in [0.717, 1.165) is 43.1 Å². The second-order valence-electron chi connectivity index (χ2n) is 7.11. The Hall–Kier alpha value is -1.14. The Labute approximate surface area is 136 Å². The van der Waals surface area contributed by atoms with Gasteiger partial charge >= 0.3 is 6.09 Å². The highest BCUT2D eigenvalue weighted by molar-refractivity contribution is 7.11. The number of carbonyl (C=O) groups is 1. The van der Waals surface area contributed by atoms with Gasteiger partial charge in [0.2, 0.25) is 0 Å². The van der Waals surface area contributed by atoms with Crippen LogP contribution in [-0.4, -0.2) is 28.8 Å². The summed E-state index contributed by atoms with van der Waals surface area (Å²) in [7, 11) is 0. The van der Waals surface area contributed by atoms with Crippen molar-refractivity contribution in [2.24, 2.45) is 0 Å². The summed E-state index contributed by atoms with van der Waals surface area (Å²) in [6, 6.07) is 0. The van der Waals surface area contributed by atoms with Crippen molar-refractivity contribution in [3.8, 4) is 0 Å². The highest BCUT2D eigenvalue weighted by Crippen LogP contribution is 2.31. The predicted molar refractivity (Wildman–Crippen MR) is 89.2 cm³/mol. The summed E-state index contributed by atoms with van der Waals surface area (Å²) in [4.78, 5) is 17.7. The molecule has 0 unspecified atom stereocenters. The van der Waals surface area contributed by atoms with Gasteiger partial charge in [0.25, 0.3) is 0 Å². The standard InChI is InChI=1S/C16H27N3O2S/c1-11-13(22-12(2)18-11)9-17-10-16(7-6-8-16)19-14(20)21-15(3,4)5/h17H,6-10H2,1-5H3,(H,19,20). The topological polar surface area (TPSA) is 63.2 Å². The van der Waals surface area contributed by atoms with E-state index in [1.165, 1.54) is 4.88 Å². The number of thiazole rings is 1. The molecule has 0 aromatic carbocycles. The fourth-order valence-electron chi connectivity index (χ4n) is 2.62. The molecular formula is C16H27N3O2S. The Morgan fingerprint density at radius 2 is 2.05 bits per heavy atom. The van der Waals surface area contributed by atoms with Gasteiger partial charge in [-0.25, -0.2) is 9.78 Å². The Morgan fingerprint density at radius 1 is 1.36 bits per heavy atom. The smallest absolute Gasteiger partial charge is 0.408 e. The van der Waals surface area contributed by atoms with E-state index in [2.05, 4.69) is 15.6 Å². The summed E-state index contributed by atoms with van der Waals surface area (Å²) < 4.78 is 5.37. The van der Waals surface area contributed by atoms with Gasteiger partial charge in [0.05, 0.1) is 16.2 Å². The van der Waals surface area contributed by atoms with Crippen LogP contribution in [0.5, 0.6) is 0 Å². The molecule has 2 N–H and O–H groups in total. The van der Waals surface area contributed by atoms with E-state index in [0.29, 0.717) is 0 Å². The first-order valence-electron chi connectivity index (χ1n) is 7.84. The van der Waals surface area contributed by atoms with E-state index in [1.807, 2.05) is 34.6 Å². The molecule has 0 radical (unpaired) electrons. The molecule has 0 atom stereocenters. The lowest BCUT2D eigenvalue weighted by Crippen LogP contribution is -2.59. The molecule has 1 aromatic heterocycles. The minimum Gasteiger partial charge on any atom is -0.444 e. The van der Waals surface area contributed by atoms with Crippen molar-refractivity contribution in [3.63, 3.8) is 0 Å². The van der Waals surface area contributed by atoms with E-state index in [9.17, 15) is 4.79 Å². The molecule has 0 spiro atoms. The first-order valence-corrected chi connectivity index (χ1v) is 8.66. The van der Waals surface area contributed by atoms with Crippen LogP contribution in [-0.2, 0) is 11.3 Å². The normalized spacial score (nSPS) is 17.0. The largest absolute Gasteiger partial charge is 0.444 e. The Balaban J connectivity index is 1.83. The second-order valence-corrected chi connectivity index (χ2v) is 8.39. The number of ether oxygens (including phenoxy) is 1. The molecule has 0 bridgehead atoms. The van der Waals surface area contributed by atoms with Crippen LogP contribution in [0, 0.1) is 13.8 Å². The number of aryl methyl sites for hydroxylation is 2. The summed E-state index contributed by atoms with van der Waals surface area (Å²) in [5.41, 5.74) is 0.480. The van der Waals surface area contributed by atoms with Crippen molar-refractivity contribution in [2.75, 3.05) is 6.54 Å². The molecule has 1 aliphatic rings. The van der Waals surface area contributed by atoms with Crippen LogP contribution in [0.15, 0.2) is 0 Å². The van der Waals surface area contributed by atoms with Crippen molar-refractivity contribution in [1.29, 1.82) is 0 Å². The van der Waals surface area contributed by atoms with E-state index in [1.54, 1.807) is 11.3 Å². The van der Waals surface area contributed by atoms with Crippen LogP contribution in [0.1, 0.15) is 55.6 Å². The number of nitrogens with one attached hydrogen (secondary N) is 2. The number of rotatable bonds is 5. The lowest BCUT2D eigenvalue weighted by molar-refractivity contribution is 0.0382. The van der Waals surface area contributed by atoms with Crippen LogP contribution < -0.4 is 10.6 Å². The minimum absolute atomic E-state index is 0.157. The van der Waals surface area contributed by atoms with E-state index < -0.39 is 5.60 Å². The van der Waals surface area contributed by atoms with E-state index in [4.69, 9.17) is 4.74 Å². The molecule has 0 saturated heterocycles. The van der Waals surface area contributed by atoms with Crippen LogP contribution >= 0.6 is 11.3 Å². The van der Waals surface area contributed by atoms with Crippen molar-refractivity contribution in [1.82, 2.24) is 15.6 Å². The van der Waals surface area contributed by atoms with E-state index in [-0.39, 0.29) is 11.6 Å². The van der Waals surface area contributed by atoms with Crippen LogP contribution in [0.25, 0.3) is 0 Å². The Morgan fingerprint density at radius 3 is 2.50 bits per heavy atom. The first-order chi connectivity index (χ1) is 10.2. The number of aromatic nitrogens is 1. The van der Waals surface area contributed by atoms with E-state index >= 15 is 0 Å². The summed E-state index contributed by atoms with van der Waals surface area (Å²) in [6.45, 7) is 11.3. The second kappa shape index (κ2) is 6.54. The first kappa shape index (κ1) is 17.2. The molecule has 1 heterocycles. The third-order valence-electron chi connectivity index (χ3n) is 3.83. The molecule has 22 heavy (non-hydrogen) atoms. The highest BCUT2D eigenvalue weighted by atomic mass is 32.1. The average molecular weight is 325 g/mol. The van der Waals surface area contributed by atoms with Gasteiger partial charge in [0.15, 0.2) is 0 Å². The molecule has 1 aromatic rings. The number of carbonyl (C=O) groups excluding carboxylic acids is 1. The number of nitrogens with zero attached hydrogens (tertiary/aromatic N) is 1. The number of hydrogen-bond acceptors (Lipinski definition) is 5. The van der Waals surface area contributed by atoms with Crippen LogP contribution in [0.2, 0.25) is 0 Å². The van der Waals surface area contributed by atoms with Crippen LogP contribution in [0.3, 0.4) is 0 Å². The zero-order chi connectivity index (χ0) is 16.4. The van der Waals surface area contributed by atoms with Gasteiger partial charge in [-0.15, -0.1) is 11.3 Å². The molecule has 1 saturated carbocycles. The molecule has 0 aliphatic heterocycles. The van der Waals surface area contributed by atoms with Gasteiger partial charge in [0.1, 0.15) is 5.60 Å². The van der Waals surface area contributed by atoms with Gasteiger partial charge in [0, 0.05) is 18.0 Å². The number of amides is 1. The summed E-state index contributed by atoms with van der Waals surface area (Å²) in [6.07, 6.45) is 2.83. The monoisotopic (exact) mass is 325 g/mol. The van der Waals surface area contributed by atoms with Crippen molar-refractivity contribution in [3.05, 3.63) is 15.6 Å². The van der Waals surface area contributed by atoms with Gasteiger partial charge < -0.3 is 15.4 Å². The molecule has 1 aliphatic carbocycles. The van der Waals surface area contributed by atoms with Crippen molar-refractivity contribution in [2.45, 2.75) is 71.6 Å². The fraction of sp³-hybridized carbons (Fsp3) is 0.750. The molecule has 1 fully saturated rings. The lowest BCUT2D eigenvalue weighted by atomic mass is 9.76. The SMILES string of the molecule is Cc1nc(C)c(CNCC2(NC(=O)OC(C)(C)C)CCC2)s1. The highest BCUT2D eigenvalue weighted by Gasteiger charge is 2.39. The molecule has 5 nitrogen and oxygen atoms in total. The molecule has 2 rings (SSSR count). The van der Waals surface area contributed by atoms with Gasteiger partial charge in [-0.2, -0.15) is 0 Å². The zero-order valence-corrected chi connectivity index (χ0v) is 15.0. The number of alkyl carbamates (subject to hydrolysis) is 1. The van der Waals surface area contributed by atoms with Crippen molar-refractivity contribution < 1.29 is 9.53 Å². The third-order valence-corrected chi connectivity index (χ3v) is 4.90. The zero-order valence-electron chi connectivity index (χ0n) is 14.2. The predicted octanol–water partition coefficient (Wildman–Crippen LogP) is 3.30. The van der Waals surface area contributed by atoms with Crippen molar-refractivity contribution >= 4 is 17.4 Å². The van der Waals surface area contributed by atoms with Gasteiger partial charge in [-0.3, -0.25) is 0 Å². The molecular weight excluding hydrogens is 298 g/mol. The van der Waals surface area contributed by atoms with Gasteiger partial charge in [-0.1, -0.05) is 0 Å². The molecule has 1 amide bonds. The summed E-state index contributed by atoms with van der Waals surface area (Å²) in [5.74, 6) is 0. The Kier molecular flexibility index (Phi) is 5.12. The summed E-state index contributed by atoms with van der Waals surface area (Å²) in [5, 5.41) is 7.62. The van der Waals surface area contributed by atoms with Gasteiger partial charge in [-0.05, 0) is 53.9 Å². The Bertz CT molecular complexity index is 530. The van der Waals surface area contributed by atoms with Crippen LogP contribution in [0.4, 0.5) is 4.79 Å². The quantitative estimate of drug-likeness (QED) is 0.872. The molecule has 124 valence electrons. The summed E-state index contributed by atoms with van der Waals surface area (Å²) >= 11 is 1.73. The number of hydrogen-bond donors (Lipinski definition) is 2. The minimum atomic E-state index is -0.459. The third kappa shape index (κ3) is 4.68. The molecule has 6 heteroatoms. The lowest BCUT2D eigenvalue weighted by Gasteiger charge is -2.42. The maximum atomic E-state index is 12.0. The maximum absolute atomic E-state index is 12.0.